The van der Waals surface area contributed by atoms with E-state index in [1.165, 1.54) is 6.07 Å². The molecule has 3 aromatic carbocycles. The number of fused-ring (bicyclic) bond motifs is 1. The van der Waals surface area contributed by atoms with Gasteiger partial charge < -0.3 is 9.47 Å². The van der Waals surface area contributed by atoms with Crippen LogP contribution in [0.4, 0.5) is 0 Å². The minimum atomic E-state index is -3.65. The third-order valence-corrected chi connectivity index (χ3v) is 6.25. The molecule has 0 saturated heterocycles. The number of esters is 1. The summed E-state index contributed by atoms with van der Waals surface area (Å²) in [6.07, 6.45) is -0.728. The van der Waals surface area contributed by atoms with Gasteiger partial charge in [-0.15, -0.1) is 0 Å². The molecule has 164 valence electrons. The number of rotatable bonds is 7. The van der Waals surface area contributed by atoms with E-state index in [2.05, 4.69) is 9.71 Å². The average molecular weight is 451 g/mol. The molecule has 0 unspecified atom stereocenters. The van der Waals surface area contributed by atoms with Gasteiger partial charge in [0.25, 0.3) is 10.0 Å². The highest BCUT2D eigenvalue weighted by Crippen LogP contribution is 2.22. The number of nitrogens with zero attached hydrogens (tertiary/aromatic N) is 1. The summed E-state index contributed by atoms with van der Waals surface area (Å²) in [7, 11) is -3.65. The van der Waals surface area contributed by atoms with E-state index in [-0.39, 0.29) is 23.9 Å². The molecule has 3 aromatic rings. The lowest BCUT2D eigenvalue weighted by atomic mass is 10.1. The van der Waals surface area contributed by atoms with Crippen molar-refractivity contribution >= 4 is 21.8 Å². The van der Waals surface area contributed by atoms with Gasteiger partial charge in [0, 0.05) is 5.56 Å². The Kier molecular flexibility index (Phi) is 6.23. The number of benzene rings is 3. The molecule has 0 saturated carbocycles. The van der Waals surface area contributed by atoms with E-state index in [4.69, 9.17) is 9.47 Å². The molecule has 0 bridgehead atoms. The fourth-order valence-corrected chi connectivity index (χ4v) is 4.43. The van der Waals surface area contributed by atoms with Crippen LogP contribution < -0.4 is 9.46 Å². The topological polar surface area (TPSA) is 94.1 Å². The predicted octanol–water partition coefficient (Wildman–Crippen LogP) is 3.34. The quantitative estimate of drug-likeness (QED) is 0.557. The van der Waals surface area contributed by atoms with E-state index >= 15 is 0 Å². The maximum absolute atomic E-state index is 12.6. The Morgan fingerprint density at radius 1 is 0.969 bits per heavy atom. The molecule has 0 aliphatic carbocycles. The largest absolute Gasteiger partial charge is 0.490 e. The number of aliphatic imine (C=N–C) groups is 1. The van der Waals surface area contributed by atoms with E-state index in [1.54, 1.807) is 42.5 Å². The van der Waals surface area contributed by atoms with Crippen LogP contribution in [0.3, 0.4) is 0 Å². The lowest BCUT2D eigenvalue weighted by Crippen LogP contribution is -2.30. The van der Waals surface area contributed by atoms with Crippen LogP contribution in [0.25, 0.3) is 0 Å². The molecule has 32 heavy (non-hydrogen) atoms. The molecule has 1 N–H and O–H groups in total. The number of ether oxygens (including phenoxy) is 2. The highest BCUT2D eigenvalue weighted by atomic mass is 32.2. The highest BCUT2D eigenvalue weighted by Gasteiger charge is 2.30. The van der Waals surface area contributed by atoms with Crippen LogP contribution in [0, 0.1) is 6.92 Å². The first kappa shape index (κ1) is 21.6. The first-order valence-electron chi connectivity index (χ1n) is 10.0. The second-order valence-electron chi connectivity index (χ2n) is 7.31. The fourth-order valence-electron chi connectivity index (χ4n) is 3.18. The zero-order valence-corrected chi connectivity index (χ0v) is 18.2. The standard InChI is InChI=1S/C24H22N2O5S/c1-17-11-13-18(14-12-17)24(27)31-20(16-30-19-7-3-2-4-8-19)15-25-23-21-9-5-6-10-22(21)32(28,29)26-23/h2-14,20H,15-16H2,1H3,(H,25,26)/t20-/m0/s1. The zero-order valence-electron chi connectivity index (χ0n) is 17.4. The molecule has 1 atom stereocenters. The summed E-state index contributed by atoms with van der Waals surface area (Å²) in [5.74, 6) is 0.347. The molecule has 0 radical (unpaired) electrons. The Bertz CT molecular complexity index is 1240. The van der Waals surface area contributed by atoms with E-state index < -0.39 is 22.1 Å². The van der Waals surface area contributed by atoms with Crippen molar-refractivity contribution in [1.29, 1.82) is 0 Å². The Balaban J connectivity index is 1.53. The van der Waals surface area contributed by atoms with Gasteiger partial charge in [0.05, 0.1) is 17.0 Å². The number of hydrogen-bond donors (Lipinski definition) is 1. The predicted molar refractivity (Wildman–Crippen MR) is 120 cm³/mol. The van der Waals surface area contributed by atoms with Crippen LogP contribution in [0.5, 0.6) is 5.75 Å². The third kappa shape index (κ3) is 4.97. The van der Waals surface area contributed by atoms with Crippen molar-refractivity contribution in [3.05, 3.63) is 95.6 Å². The average Bonchev–Trinajstić information content (AvgIpc) is 3.07. The van der Waals surface area contributed by atoms with Crippen molar-refractivity contribution in [1.82, 2.24) is 4.72 Å². The van der Waals surface area contributed by atoms with Gasteiger partial charge in [0.1, 0.15) is 18.2 Å². The summed E-state index contributed by atoms with van der Waals surface area (Å²) in [5.41, 5.74) is 1.93. The van der Waals surface area contributed by atoms with Gasteiger partial charge in [-0.1, -0.05) is 48.0 Å². The molecular formula is C24H22N2O5S. The maximum Gasteiger partial charge on any atom is 0.338 e. The van der Waals surface area contributed by atoms with E-state index in [0.29, 0.717) is 16.9 Å². The van der Waals surface area contributed by atoms with Gasteiger partial charge >= 0.3 is 5.97 Å². The minimum absolute atomic E-state index is 0.0244. The number of carbonyl (C=O) groups excluding carboxylic acids is 1. The summed E-state index contributed by atoms with van der Waals surface area (Å²) >= 11 is 0. The van der Waals surface area contributed by atoms with Crippen LogP contribution in [0.15, 0.2) is 88.8 Å². The van der Waals surface area contributed by atoms with Gasteiger partial charge in [0.15, 0.2) is 6.10 Å². The van der Waals surface area contributed by atoms with Gasteiger partial charge in [0.2, 0.25) is 0 Å². The Morgan fingerprint density at radius 3 is 2.41 bits per heavy atom. The normalized spacial score (nSPS) is 16.1. The van der Waals surface area contributed by atoms with Gasteiger partial charge in [-0.3, -0.25) is 9.71 Å². The van der Waals surface area contributed by atoms with Crippen molar-refractivity contribution in [3.8, 4) is 5.75 Å². The molecule has 7 nitrogen and oxygen atoms in total. The number of carbonyl (C=O) groups is 1. The second kappa shape index (κ2) is 9.23. The fraction of sp³-hybridized carbons (Fsp3) is 0.167. The number of nitrogens with one attached hydrogen (secondary N) is 1. The summed E-state index contributed by atoms with van der Waals surface area (Å²) in [5, 5.41) is 0. The molecule has 0 spiro atoms. The summed E-state index contributed by atoms with van der Waals surface area (Å²) in [4.78, 5) is 17.2. The molecule has 4 rings (SSSR count). The van der Waals surface area contributed by atoms with Gasteiger partial charge in [-0.2, -0.15) is 0 Å². The van der Waals surface area contributed by atoms with Crippen molar-refractivity contribution in [2.75, 3.05) is 13.2 Å². The number of aryl methyl sites for hydroxylation is 1. The molecule has 0 aromatic heterocycles. The van der Waals surface area contributed by atoms with Crippen molar-refractivity contribution in [2.24, 2.45) is 4.99 Å². The molecular weight excluding hydrogens is 428 g/mol. The van der Waals surface area contributed by atoms with E-state index in [1.807, 2.05) is 37.3 Å². The molecule has 1 heterocycles. The molecule has 8 heteroatoms. The highest BCUT2D eigenvalue weighted by molar-refractivity contribution is 7.90. The number of amidine groups is 1. The summed E-state index contributed by atoms with van der Waals surface area (Å²) in [6.45, 7) is 2.02. The SMILES string of the molecule is Cc1ccc(C(=O)O[C@@H](CN=C2NS(=O)(=O)c3ccccc32)COc2ccccc2)cc1. The molecule has 1 aliphatic rings. The number of hydrogen-bond acceptors (Lipinski definition) is 6. The number of sulfonamides is 1. The summed E-state index contributed by atoms with van der Waals surface area (Å²) < 4.78 is 38.5. The number of para-hydroxylation sites is 1. The first-order chi connectivity index (χ1) is 15.4. The van der Waals surface area contributed by atoms with Crippen LogP contribution >= 0.6 is 0 Å². The lowest BCUT2D eigenvalue weighted by molar-refractivity contribution is 0.0202. The van der Waals surface area contributed by atoms with E-state index in [9.17, 15) is 13.2 Å². The monoisotopic (exact) mass is 450 g/mol. The first-order valence-corrected chi connectivity index (χ1v) is 11.5. The smallest absolute Gasteiger partial charge is 0.338 e. The van der Waals surface area contributed by atoms with E-state index in [0.717, 1.165) is 5.56 Å². The van der Waals surface area contributed by atoms with Crippen LogP contribution in [0.1, 0.15) is 21.5 Å². The van der Waals surface area contributed by atoms with Gasteiger partial charge in [-0.25, -0.2) is 13.2 Å². The van der Waals surface area contributed by atoms with Crippen molar-refractivity contribution in [3.63, 3.8) is 0 Å². The Labute approximate surface area is 186 Å². The van der Waals surface area contributed by atoms with Crippen LogP contribution in [0.2, 0.25) is 0 Å². The van der Waals surface area contributed by atoms with Crippen LogP contribution in [-0.2, 0) is 14.8 Å². The Hall–Kier alpha value is -3.65. The third-order valence-electron chi connectivity index (χ3n) is 4.86. The maximum atomic E-state index is 12.6. The Morgan fingerprint density at radius 2 is 1.66 bits per heavy atom. The minimum Gasteiger partial charge on any atom is -0.490 e. The van der Waals surface area contributed by atoms with Crippen molar-refractivity contribution < 1.29 is 22.7 Å². The lowest BCUT2D eigenvalue weighted by Gasteiger charge is -2.17. The van der Waals surface area contributed by atoms with Crippen molar-refractivity contribution in [2.45, 2.75) is 17.9 Å². The second-order valence-corrected chi connectivity index (χ2v) is 8.96. The molecule has 0 amide bonds. The zero-order chi connectivity index (χ0) is 22.6. The summed E-state index contributed by atoms with van der Waals surface area (Å²) in [6, 6.07) is 22.8. The molecule has 0 fully saturated rings. The van der Waals surface area contributed by atoms with Gasteiger partial charge in [-0.05, 0) is 43.3 Å². The van der Waals surface area contributed by atoms with Crippen LogP contribution in [-0.4, -0.2) is 39.5 Å². The molecule has 1 aliphatic heterocycles.